The summed E-state index contributed by atoms with van der Waals surface area (Å²) in [5.41, 5.74) is 5.77. The molecule has 0 aromatic heterocycles. The fourth-order valence-electron chi connectivity index (χ4n) is 1.85. The molecule has 0 aliphatic heterocycles. The number of carboxylic acids is 1. The zero-order valence-corrected chi connectivity index (χ0v) is 15.5. The zero-order chi connectivity index (χ0) is 18.0. The number of nitrogens with one attached hydrogen (secondary N) is 2. The van der Waals surface area contributed by atoms with Gasteiger partial charge in [-0.15, -0.1) is 0 Å². The summed E-state index contributed by atoms with van der Waals surface area (Å²) in [7, 11) is 0. The molecule has 5 N–H and O–H groups in total. The monoisotopic (exact) mass is 365 g/mol. The van der Waals surface area contributed by atoms with E-state index in [1.165, 1.54) is 11.8 Å². The summed E-state index contributed by atoms with van der Waals surface area (Å²) in [5, 5.41) is 14.1. The average molecular weight is 366 g/mol. The number of carboxylic acid groups (broad SMARTS) is 1. The molecule has 0 radical (unpaired) electrons. The molecule has 0 fully saturated rings. The van der Waals surface area contributed by atoms with Crippen LogP contribution in [0.5, 0.6) is 0 Å². The second-order valence-corrected chi connectivity index (χ2v) is 7.01. The van der Waals surface area contributed by atoms with E-state index in [0.29, 0.717) is 18.6 Å². The first-order valence-electron chi connectivity index (χ1n) is 7.41. The van der Waals surface area contributed by atoms with Gasteiger partial charge in [-0.2, -0.15) is 24.4 Å². The number of amides is 2. The molecule has 0 unspecified atom stereocenters. The molecule has 0 saturated carbocycles. The molecular formula is C14H27N3O4S2. The van der Waals surface area contributed by atoms with E-state index in [2.05, 4.69) is 23.3 Å². The van der Waals surface area contributed by atoms with Gasteiger partial charge in [-0.3, -0.25) is 9.59 Å². The van der Waals surface area contributed by atoms with Gasteiger partial charge in [0, 0.05) is 5.75 Å². The minimum atomic E-state index is -1.10. The number of rotatable bonds is 11. The Kier molecular flexibility index (Phi) is 11.1. The minimum Gasteiger partial charge on any atom is -0.480 e. The van der Waals surface area contributed by atoms with Crippen molar-refractivity contribution < 1.29 is 19.5 Å². The standard InChI is InChI=1S/C14H27N3O4S2/c1-8(2)6-9(15)12(18)17-11(7-22)13(19)16-10(14(20)21)4-5-23-3/h8-11,22H,4-7,15H2,1-3H3,(H,16,19)(H,17,18)(H,20,21)/t9-,10-,11-/m0/s1. The maximum absolute atomic E-state index is 12.1. The maximum Gasteiger partial charge on any atom is 0.326 e. The summed E-state index contributed by atoms with van der Waals surface area (Å²) in [4.78, 5) is 35.3. The van der Waals surface area contributed by atoms with Crippen LogP contribution in [-0.4, -0.2) is 58.8 Å². The summed E-state index contributed by atoms with van der Waals surface area (Å²) in [6.07, 6.45) is 2.66. The van der Waals surface area contributed by atoms with Gasteiger partial charge < -0.3 is 21.5 Å². The van der Waals surface area contributed by atoms with Crippen molar-refractivity contribution in [3.05, 3.63) is 0 Å². The Bertz CT molecular complexity index is 407. The Morgan fingerprint density at radius 1 is 1.17 bits per heavy atom. The maximum atomic E-state index is 12.1. The first-order chi connectivity index (χ1) is 10.7. The van der Waals surface area contributed by atoms with Crippen molar-refractivity contribution in [1.82, 2.24) is 10.6 Å². The van der Waals surface area contributed by atoms with Gasteiger partial charge in [-0.1, -0.05) is 13.8 Å². The molecule has 0 spiro atoms. The molecule has 0 aliphatic carbocycles. The van der Waals surface area contributed by atoms with Crippen molar-refractivity contribution in [1.29, 1.82) is 0 Å². The highest BCUT2D eigenvalue weighted by molar-refractivity contribution is 7.98. The van der Waals surface area contributed by atoms with Crippen LogP contribution in [0.2, 0.25) is 0 Å². The highest BCUT2D eigenvalue weighted by Crippen LogP contribution is 2.04. The third-order valence-corrected chi connectivity index (χ3v) is 4.11. The van der Waals surface area contributed by atoms with Crippen molar-refractivity contribution in [2.75, 3.05) is 17.8 Å². The molecular weight excluding hydrogens is 338 g/mol. The van der Waals surface area contributed by atoms with Gasteiger partial charge >= 0.3 is 5.97 Å². The topological polar surface area (TPSA) is 122 Å². The molecule has 9 heteroatoms. The molecule has 134 valence electrons. The summed E-state index contributed by atoms with van der Waals surface area (Å²) in [5.74, 6) is -1.20. The van der Waals surface area contributed by atoms with Gasteiger partial charge in [-0.05, 0) is 30.8 Å². The lowest BCUT2D eigenvalue weighted by Gasteiger charge is -2.22. The SMILES string of the molecule is CSCC[C@H](NC(=O)[C@H](CS)NC(=O)[C@@H](N)CC(C)C)C(=O)O. The van der Waals surface area contributed by atoms with E-state index in [1.807, 2.05) is 20.1 Å². The van der Waals surface area contributed by atoms with Gasteiger partial charge in [0.25, 0.3) is 0 Å². The van der Waals surface area contributed by atoms with Crippen LogP contribution < -0.4 is 16.4 Å². The molecule has 23 heavy (non-hydrogen) atoms. The van der Waals surface area contributed by atoms with Crippen LogP contribution in [0.3, 0.4) is 0 Å². The van der Waals surface area contributed by atoms with Crippen molar-refractivity contribution >= 4 is 42.2 Å². The average Bonchev–Trinajstić information content (AvgIpc) is 2.47. The fourth-order valence-corrected chi connectivity index (χ4v) is 2.58. The number of hydrogen-bond acceptors (Lipinski definition) is 6. The van der Waals surface area contributed by atoms with Crippen LogP contribution in [0.4, 0.5) is 0 Å². The molecule has 7 nitrogen and oxygen atoms in total. The largest absolute Gasteiger partial charge is 0.480 e. The normalized spacial score (nSPS) is 14.9. The van der Waals surface area contributed by atoms with E-state index in [9.17, 15) is 14.4 Å². The molecule has 0 aromatic carbocycles. The van der Waals surface area contributed by atoms with Crippen LogP contribution in [0.25, 0.3) is 0 Å². The van der Waals surface area contributed by atoms with Crippen LogP contribution in [0, 0.1) is 5.92 Å². The summed E-state index contributed by atoms with van der Waals surface area (Å²) >= 11 is 5.54. The number of thioether (sulfide) groups is 1. The number of hydrogen-bond donors (Lipinski definition) is 5. The molecule has 0 aliphatic rings. The number of thiol groups is 1. The number of carbonyl (C=O) groups excluding carboxylic acids is 2. The van der Waals surface area contributed by atoms with Gasteiger partial charge in [-0.25, -0.2) is 4.79 Å². The van der Waals surface area contributed by atoms with Gasteiger partial charge in [0.2, 0.25) is 11.8 Å². The van der Waals surface area contributed by atoms with Crippen LogP contribution in [0.15, 0.2) is 0 Å². The fraction of sp³-hybridized carbons (Fsp3) is 0.786. The molecule has 0 bridgehead atoms. The van der Waals surface area contributed by atoms with Gasteiger partial charge in [0.1, 0.15) is 12.1 Å². The Morgan fingerprint density at radius 3 is 2.17 bits per heavy atom. The predicted molar refractivity (Wildman–Crippen MR) is 95.8 cm³/mol. The van der Waals surface area contributed by atoms with Gasteiger partial charge in [0.05, 0.1) is 6.04 Å². The van der Waals surface area contributed by atoms with Crippen LogP contribution in [0.1, 0.15) is 26.7 Å². The molecule has 0 aromatic rings. The highest BCUT2D eigenvalue weighted by Gasteiger charge is 2.27. The van der Waals surface area contributed by atoms with Crippen molar-refractivity contribution in [3.63, 3.8) is 0 Å². The van der Waals surface area contributed by atoms with Crippen LogP contribution >= 0.6 is 24.4 Å². The third kappa shape index (κ3) is 9.07. The van der Waals surface area contributed by atoms with E-state index >= 15 is 0 Å². The molecule has 0 saturated heterocycles. The number of carbonyl (C=O) groups is 3. The van der Waals surface area contributed by atoms with E-state index in [4.69, 9.17) is 10.8 Å². The quantitative estimate of drug-likeness (QED) is 0.331. The Morgan fingerprint density at radius 2 is 1.74 bits per heavy atom. The van der Waals surface area contributed by atoms with Crippen molar-refractivity contribution in [3.8, 4) is 0 Å². The van der Waals surface area contributed by atoms with Crippen molar-refractivity contribution in [2.45, 2.75) is 44.8 Å². The minimum absolute atomic E-state index is 0.0564. The first kappa shape index (κ1) is 22.1. The van der Waals surface area contributed by atoms with E-state index in [0.717, 1.165) is 0 Å². The third-order valence-electron chi connectivity index (χ3n) is 3.10. The summed E-state index contributed by atoms with van der Waals surface area (Å²) in [6, 6.07) is -2.62. The number of nitrogens with two attached hydrogens (primary N) is 1. The van der Waals surface area contributed by atoms with E-state index < -0.39 is 35.9 Å². The van der Waals surface area contributed by atoms with Crippen molar-refractivity contribution in [2.24, 2.45) is 11.7 Å². The second kappa shape index (κ2) is 11.6. The number of aliphatic carboxylic acids is 1. The zero-order valence-electron chi connectivity index (χ0n) is 13.7. The van der Waals surface area contributed by atoms with Crippen LogP contribution in [-0.2, 0) is 14.4 Å². The van der Waals surface area contributed by atoms with E-state index in [-0.39, 0.29) is 11.7 Å². The Labute approximate surface area is 146 Å². The lowest BCUT2D eigenvalue weighted by atomic mass is 10.0. The lowest BCUT2D eigenvalue weighted by Crippen LogP contribution is -2.55. The molecule has 2 amide bonds. The summed E-state index contributed by atoms with van der Waals surface area (Å²) in [6.45, 7) is 3.89. The second-order valence-electron chi connectivity index (χ2n) is 5.66. The molecule has 3 atom stereocenters. The lowest BCUT2D eigenvalue weighted by molar-refractivity contribution is -0.142. The van der Waals surface area contributed by atoms with Gasteiger partial charge in [0.15, 0.2) is 0 Å². The Balaban J connectivity index is 4.66. The van der Waals surface area contributed by atoms with E-state index in [1.54, 1.807) is 0 Å². The Hall–Kier alpha value is -0.930. The molecule has 0 rings (SSSR count). The highest BCUT2D eigenvalue weighted by atomic mass is 32.2. The molecule has 0 heterocycles. The first-order valence-corrected chi connectivity index (χ1v) is 9.44. The summed E-state index contributed by atoms with van der Waals surface area (Å²) < 4.78 is 0. The predicted octanol–water partition coefficient (Wildman–Crippen LogP) is 0.0969. The smallest absolute Gasteiger partial charge is 0.326 e.